The number of nitrogens with zero attached hydrogens (tertiary/aromatic N) is 4. The molecule has 3 aromatic rings. The van der Waals surface area contributed by atoms with Crippen molar-refractivity contribution < 1.29 is 9.53 Å². The van der Waals surface area contributed by atoms with Crippen LogP contribution in [-0.4, -0.2) is 27.7 Å². The number of aromatic nitrogens is 3. The Kier molecular flexibility index (Phi) is 5.16. The van der Waals surface area contributed by atoms with E-state index >= 15 is 0 Å². The van der Waals surface area contributed by atoms with Gasteiger partial charge < -0.3 is 10.1 Å². The van der Waals surface area contributed by atoms with Gasteiger partial charge in [-0.05, 0) is 31.2 Å². The molecule has 0 radical (unpaired) electrons. The lowest BCUT2D eigenvalue weighted by molar-refractivity contribution is 0.162. The van der Waals surface area contributed by atoms with Crippen molar-refractivity contribution in [3.8, 4) is 0 Å². The number of anilines is 4. The van der Waals surface area contributed by atoms with Crippen LogP contribution in [0.4, 0.5) is 28.1 Å². The van der Waals surface area contributed by atoms with E-state index < -0.39 is 6.09 Å². The number of hydrogen-bond acceptors (Lipinski definition) is 6. The lowest BCUT2D eigenvalue weighted by Gasteiger charge is -2.20. The first-order valence-electron chi connectivity index (χ1n) is 7.81. The summed E-state index contributed by atoms with van der Waals surface area (Å²) in [6, 6.07) is 18.6. The van der Waals surface area contributed by atoms with E-state index in [9.17, 15) is 4.79 Å². The first kappa shape index (κ1) is 16.4. The largest absolute Gasteiger partial charge is 0.449 e. The third-order valence-corrected chi connectivity index (χ3v) is 3.25. The summed E-state index contributed by atoms with van der Waals surface area (Å²) >= 11 is 0. The predicted octanol–water partition coefficient (Wildman–Crippen LogP) is 3.91. The molecule has 25 heavy (non-hydrogen) atoms. The molecular formula is C18H17N5O2. The van der Waals surface area contributed by atoms with Crippen LogP contribution in [0.5, 0.6) is 0 Å². The fourth-order valence-corrected chi connectivity index (χ4v) is 2.17. The number of carbonyl (C=O) groups is 1. The Morgan fingerprint density at radius 2 is 1.72 bits per heavy atom. The lowest BCUT2D eigenvalue weighted by Crippen LogP contribution is -2.28. The maximum Gasteiger partial charge on any atom is 0.421 e. The molecule has 0 fully saturated rings. The molecule has 1 aromatic heterocycles. The summed E-state index contributed by atoms with van der Waals surface area (Å²) < 4.78 is 5.14. The summed E-state index contributed by atoms with van der Waals surface area (Å²) in [5.41, 5.74) is 1.44. The Bertz CT molecular complexity index is 827. The molecule has 0 unspecified atom stereocenters. The van der Waals surface area contributed by atoms with Crippen LogP contribution in [0.2, 0.25) is 0 Å². The van der Waals surface area contributed by atoms with Crippen molar-refractivity contribution in [3.05, 3.63) is 67.0 Å². The summed E-state index contributed by atoms with van der Waals surface area (Å²) in [7, 11) is 0. The van der Waals surface area contributed by atoms with Gasteiger partial charge in [0.2, 0.25) is 11.9 Å². The molecule has 1 N–H and O–H groups in total. The molecule has 0 saturated carbocycles. The van der Waals surface area contributed by atoms with Crippen LogP contribution in [0.3, 0.4) is 0 Å². The van der Waals surface area contributed by atoms with Gasteiger partial charge in [0.15, 0.2) is 0 Å². The third-order valence-electron chi connectivity index (χ3n) is 3.25. The molecule has 2 aromatic carbocycles. The Morgan fingerprint density at radius 3 is 2.40 bits per heavy atom. The molecule has 1 heterocycles. The van der Waals surface area contributed by atoms with Gasteiger partial charge in [-0.1, -0.05) is 36.4 Å². The fourth-order valence-electron chi connectivity index (χ4n) is 2.17. The van der Waals surface area contributed by atoms with Crippen molar-refractivity contribution in [1.82, 2.24) is 15.0 Å². The molecule has 0 atom stereocenters. The van der Waals surface area contributed by atoms with Gasteiger partial charge in [-0.2, -0.15) is 4.98 Å². The Morgan fingerprint density at radius 1 is 1.04 bits per heavy atom. The van der Waals surface area contributed by atoms with Crippen LogP contribution < -0.4 is 10.2 Å². The zero-order valence-corrected chi connectivity index (χ0v) is 13.7. The van der Waals surface area contributed by atoms with Gasteiger partial charge in [0.25, 0.3) is 0 Å². The maximum atomic E-state index is 12.4. The standard InChI is InChI=1S/C18H17N5O2/c1-2-25-18(24)23(15-11-7-4-8-12-15)17-20-13-19-16(22-17)21-14-9-5-3-6-10-14/h3-13H,2H2,1H3,(H,19,20,21,22). The van der Waals surface area contributed by atoms with Crippen LogP contribution in [0.15, 0.2) is 67.0 Å². The normalized spacial score (nSPS) is 10.1. The highest BCUT2D eigenvalue weighted by atomic mass is 16.6. The average molecular weight is 335 g/mol. The number of para-hydroxylation sites is 2. The van der Waals surface area contributed by atoms with E-state index in [0.717, 1.165) is 5.69 Å². The highest BCUT2D eigenvalue weighted by Gasteiger charge is 2.22. The van der Waals surface area contributed by atoms with E-state index in [4.69, 9.17) is 4.74 Å². The van der Waals surface area contributed by atoms with Gasteiger partial charge in [0.1, 0.15) is 6.33 Å². The molecule has 0 aliphatic carbocycles. The van der Waals surface area contributed by atoms with Crippen LogP contribution in [-0.2, 0) is 4.74 Å². The number of nitrogens with one attached hydrogen (secondary N) is 1. The van der Waals surface area contributed by atoms with Crippen molar-refractivity contribution in [3.63, 3.8) is 0 Å². The molecule has 0 aliphatic rings. The van der Waals surface area contributed by atoms with Crippen molar-refractivity contribution in [2.24, 2.45) is 0 Å². The SMILES string of the molecule is CCOC(=O)N(c1ccccc1)c1ncnc(Nc2ccccc2)n1. The van der Waals surface area contributed by atoms with Crippen molar-refractivity contribution in [2.45, 2.75) is 6.92 Å². The maximum absolute atomic E-state index is 12.4. The second kappa shape index (κ2) is 7.87. The van der Waals surface area contributed by atoms with Crippen molar-refractivity contribution in [1.29, 1.82) is 0 Å². The second-order valence-electron chi connectivity index (χ2n) is 4.97. The lowest BCUT2D eigenvalue weighted by atomic mass is 10.3. The van der Waals surface area contributed by atoms with E-state index in [0.29, 0.717) is 11.6 Å². The van der Waals surface area contributed by atoms with E-state index in [1.54, 1.807) is 19.1 Å². The van der Waals surface area contributed by atoms with E-state index in [-0.39, 0.29) is 12.6 Å². The number of carbonyl (C=O) groups excluding carboxylic acids is 1. The monoisotopic (exact) mass is 335 g/mol. The van der Waals surface area contributed by atoms with Crippen molar-refractivity contribution >= 4 is 29.4 Å². The minimum absolute atomic E-state index is 0.179. The molecule has 3 rings (SSSR count). The summed E-state index contributed by atoms with van der Waals surface area (Å²) in [6.07, 6.45) is 0.800. The van der Waals surface area contributed by atoms with E-state index in [1.165, 1.54) is 11.2 Å². The molecule has 126 valence electrons. The van der Waals surface area contributed by atoms with Crippen LogP contribution >= 0.6 is 0 Å². The summed E-state index contributed by atoms with van der Waals surface area (Å²) in [5, 5.41) is 3.08. The zero-order valence-electron chi connectivity index (χ0n) is 13.7. The number of amides is 1. The predicted molar refractivity (Wildman–Crippen MR) is 95.2 cm³/mol. The highest BCUT2D eigenvalue weighted by molar-refractivity contribution is 5.94. The van der Waals surface area contributed by atoms with E-state index in [1.807, 2.05) is 48.5 Å². The van der Waals surface area contributed by atoms with Gasteiger partial charge in [0, 0.05) is 5.69 Å². The van der Waals surface area contributed by atoms with Gasteiger partial charge in [0.05, 0.1) is 12.3 Å². The molecular weight excluding hydrogens is 318 g/mol. The van der Waals surface area contributed by atoms with Gasteiger partial charge in [-0.15, -0.1) is 0 Å². The Labute approximate surface area is 145 Å². The molecule has 0 bridgehead atoms. The fraction of sp³-hybridized carbons (Fsp3) is 0.111. The Balaban J connectivity index is 1.93. The summed E-state index contributed by atoms with van der Waals surface area (Å²) in [5.74, 6) is 0.513. The minimum atomic E-state index is -0.550. The van der Waals surface area contributed by atoms with Gasteiger partial charge in [-0.3, -0.25) is 0 Å². The second-order valence-corrected chi connectivity index (χ2v) is 4.97. The molecule has 0 saturated heterocycles. The molecule has 0 aliphatic heterocycles. The minimum Gasteiger partial charge on any atom is -0.449 e. The van der Waals surface area contributed by atoms with Gasteiger partial charge in [-0.25, -0.2) is 19.7 Å². The average Bonchev–Trinajstić information content (AvgIpc) is 2.64. The first-order valence-corrected chi connectivity index (χ1v) is 7.81. The Hall–Kier alpha value is -3.48. The number of hydrogen-bond donors (Lipinski definition) is 1. The topological polar surface area (TPSA) is 80.2 Å². The van der Waals surface area contributed by atoms with Crippen LogP contribution in [0.1, 0.15) is 6.92 Å². The molecule has 7 heteroatoms. The quantitative estimate of drug-likeness (QED) is 0.761. The van der Waals surface area contributed by atoms with Gasteiger partial charge >= 0.3 is 6.09 Å². The molecule has 7 nitrogen and oxygen atoms in total. The first-order chi connectivity index (χ1) is 12.3. The number of ether oxygens (including phenoxy) is 1. The van der Waals surface area contributed by atoms with Crippen LogP contribution in [0.25, 0.3) is 0 Å². The third kappa shape index (κ3) is 4.08. The summed E-state index contributed by atoms with van der Waals surface area (Å²) in [6.45, 7) is 2.00. The zero-order chi connectivity index (χ0) is 17.5. The highest BCUT2D eigenvalue weighted by Crippen LogP contribution is 2.23. The smallest absolute Gasteiger partial charge is 0.421 e. The number of rotatable bonds is 5. The molecule has 0 spiro atoms. The van der Waals surface area contributed by atoms with E-state index in [2.05, 4.69) is 20.3 Å². The molecule has 1 amide bonds. The van der Waals surface area contributed by atoms with Crippen molar-refractivity contribution in [2.75, 3.05) is 16.8 Å². The summed E-state index contributed by atoms with van der Waals surface area (Å²) in [4.78, 5) is 26.3. The van der Waals surface area contributed by atoms with Crippen LogP contribution in [0, 0.1) is 0 Å². The number of benzene rings is 2.